The average molecular weight is 478 g/mol. The molecule has 2 aromatic carbocycles. The summed E-state index contributed by atoms with van der Waals surface area (Å²) in [6.45, 7) is -0.662. The lowest BCUT2D eigenvalue weighted by molar-refractivity contribution is -0.277. The molecule has 2 heterocycles. The molecule has 1 aromatic heterocycles. The van der Waals surface area contributed by atoms with Crippen LogP contribution in [0.3, 0.4) is 0 Å². The fraction of sp³-hybridized carbons (Fsp3) is 0.318. The number of aliphatic hydroxyl groups is 4. The fourth-order valence-electron chi connectivity index (χ4n) is 3.62. The highest BCUT2D eigenvalue weighted by Gasteiger charge is 2.45. The molecule has 3 aromatic rings. The number of aromatic hydroxyl groups is 3. The Morgan fingerprint density at radius 2 is 1.68 bits per heavy atom. The van der Waals surface area contributed by atoms with E-state index in [4.69, 9.17) is 18.6 Å². The predicted octanol–water partition coefficient (Wildman–Crippen LogP) is -0.236. The zero-order valence-electron chi connectivity index (χ0n) is 17.7. The lowest BCUT2D eigenvalue weighted by atomic mass is 9.99. The van der Waals surface area contributed by atoms with Crippen molar-refractivity contribution in [1.82, 2.24) is 0 Å². The third-order valence-electron chi connectivity index (χ3n) is 5.49. The minimum absolute atomic E-state index is 0.00305. The minimum atomic E-state index is -1.71. The van der Waals surface area contributed by atoms with Crippen molar-refractivity contribution in [2.75, 3.05) is 13.7 Å². The second kappa shape index (κ2) is 9.00. The molecule has 0 amide bonds. The number of ether oxygens (including phenoxy) is 3. The maximum Gasteiger partial charge on any atom is 0.229 e. The molecule has 4 rings (SSSR count). The van der Waals surface area contributed by atoms with Crippen LogP contribution in [-0.2, 0) is 4.74 Å². The van der Waals surface area contributed by atoms with Crippen molar-refractivity contribution < 1.29 is 54.4 Å². The topological polar surface area (TPSA) is 200 Å². The molecule has 0 radical (unpaired) electrons. The Balaban J connectivity index is 1.72. The van der Waals surface area contributed by atoms with Crippen LogP contribution in [0.5, 0.6) is 28.7 Å². The zero-order valence-corrected chi connectivity index (χ0v) is 17.7. The summed E-state index contributed by atoms with van der Waals surface area (Å²) in [6, 6.07) is 6.16. The SMILES string of the molecule is COc1cc2oc(-c3ccc(O)c(O[C@H]4O[C@@H](CO)[C@H](O)[C@@H](O)[C@@H]4O)c3)cc(=O)c2c(O)c1O. The van der Waals surface area contributed by atoms with Crippen LogP contribution in [0.1, 0.15) is 0 Å². The van der Waals surface area contributed by atoms with Crippen LogP contribution in [0.25, 0.3) is 22.3 Å². The zero-order chi connectivity index (χ0) is 24.7. The molecular formula is C22H22O12. The van der Waals surface area contributed by atoms with Crippen molar-refractivity contribution in [3.05, 3.63) is 40.6 Å². The summed E-state index contributed by atoms with van der Waals surface area (Å²) in [5.41, 5.74) is -0.516. The number of fused-ring (bicyclic) bond motifs is 1. The largest absolute Gasteiger partial charge is 0.504 e. The van der Waals surface area contributed by atoms with E-state index in [-0.39, 0.29) is 39.5 Å². The van der Waals surface area contributed by atoms with E-state index in [1.807, 2.05) is 0 Å². The summed E-state index contributed by atoms with van der Waals surface area (Å²) in [5, 5.41) is 69.3. The molecule has 1 saturated heterocycles. The van der Waals surface area contributed by atoms with Gasteiger partial charge in [0.2, 0.25) is 12.0 Å². The summed E-state index contributed by atoms with van der Waals surface area (Å²) >= 11 is 0. The van der Waals surface area contributed by atoms with E-state index in [0.717, 1.165) is 6.07 Å². The number of hydrogen-bond donors (Lipinski definition) is 7. The van der Waals surface area contributed by atoms with Gasteiger partial charge in [0.25, 0.3) is 0 Å². The second-order valence-corrected chi connectivity index (χ2v) is 7.62. The van der Waals surface area contributed by atoms with Crippen molar-refractivity contribution in [2.24, 2.45) is 0 Å². The van der Waals surface area contributed by atoms with Crippen LogP contribution in [-0.4, -0.2) is 80.2 Å². The molecule has 0 aliphatic carbocycles. The molecule has 12 nitrogen and oxygen atoms in total. The molecule has 0 unspecified atom stereocenters. The van der Waals surface area contributed by atoms with Gasteiger partial charge < -0.3 is 54.4 Å². The Morgan fingerprint density at radius 1 is 0.941 bits per heavy atom. The molecule has 5 atom stereocenters. The van der Waals surface area contributed by atoms with E-state index >= 15 is 0 Å². The van der Waals surface area contributed by atoms with Crippen molar-refractivity contribution in [1.29, 1.82) is 0 Å². The maximum atomic E-state index is 12.6. The summed E-state index contributed by atoms with van der Waals surface area (Å²) in [4.78, 5) is 12.6. The van der Waals surface area contributed by atoms with Crippen molar-refractivity contribution in [2.45, 2.75) is 30.7 Å². The number of benzene rings is 2. The first kappa shape index (κ1) is 23.6. The summed E-state index contributed by atoms with van der Waals surface area (Å²) in [6.07, 6.45) is -7.74. The fourth-order valence-corrected chi connectivity index (χ4v) is 3.62. The summed E-state index contributed by atoms with van der Waals surface area (Å²) in [7, 11) is 1.25. The highest BCUT2D eigenvalue weighted by molar-refractivity contribution is 5.89. The third kappa shape index (κ3) is 3.97. The second-order valence-electron chi connectivity index (χ2n) is 7.62. The van der Waals surface area contributed by atoms with Gasteiger partial charge in [0, 0.05) is 17.7 Å². The molecule has 1 fully saturated rings. The predicted molar refractivity (Wildman–Crippen MR) is 114 cm³/mol. The highest BCUT2D eigenvalue weighted by Crippen LogP contribution is 2.41. The molecule has 34 heavy (non-hydrogen) atoms. The average Bonchev–Trinajstić information content (AvgIpc) is 2.82. The first-order valence-corrected chi connectivity index (χ1v) is 10.0. The number of methoxy groups -OCH3 is 1. The maximum absolute atomic E-state index is 12.6. The molecule has 0 saturated carbocycles. The monoisotopic (exact) mass is 478 g/mol. The van der Waals surface area contributed by atoms with Gasteiger partial charge in [-0.2, -0.15) is 0 Å². The number of phenolic OH excluding ortho intramolecular Hbond substituents is 3. The van der Waals surface area contributed by atoms with Crippen LogP contribution in [0.2, 0.25) is 0 Å². The van der Waals surface area contributed by atoms with E-state index in [9.17, 15) is 40.5 Å². The van der Waals surface area contributed by atoms with Gasteiger partial charge in [-0.15, -0.1) is 0 Å². The Kier molecular flexibility index (Phi) is 6.25. The van der Waals surface area contributed by atoms with E-state index in [0.29, 0.717) is 0 Å². The van der Waals surface area contributed by atoms with Gasteiger partial charge in [0.15, 0.2) is 28.4 Å². The van der Waals surface area contributed by atoms with Gasteiger partial charge in [-0.25, -0.2) is 0 Å². The Hall–Kier alpha value is -3.55. The van der Waals surface area contributed by atoms with Gasteiger partial charge in [-0.1, -0.05) is 0 Å². The van der Waals surface area contributed by atoms with Crippen LogP contribution < -0.4 is 14.9 Å². The lowest BCUT2D eigenvalue weighted by Crippen LogP contribution is -2.60. The third-order valence-corrected chi connectivity index (χ3v) is 5.49. The summed E-state index contributed by atoms with van der Waals surface area (Å²) in [5.74, 6) is -2.04. The quantitative estimate of drug-likeness (QED) is 0.238. The van der Waals surface area contributed by atoms with Crippen molar-refractivity contribution in [3.63, 3.8) is 0 Å². The van der Waals surface area contributed by atoms with Gasteiger partial charge in [-0.05, 0) is 18.2 Å². The molecule has 12 heteroatoms. The van der Waals surface area contributed by atoms with Crippen LogP contribution in [0.4, 0.5) is 0 Å². The van der Waals surface area contributed by atoms with Crippen molar-refractivity contribution in [3.8, 4) is 40.1 Å². The van der Waals surface area contributed by atoms with E-state index in [1.54, 1.807) is 0 Å². The van der Waals surface area contributed by atoms with Gasteiger partial charge in [0.1, 0.15) is 41.1 Å². The molecule has 0 bridgehead atoms. The first-order valence-electron chi connectivity index (χ1n) is 10.0. The normalized spacial score (nSPS) is 24.8. The number of hydrogen-bond acceptors (Lipinski definition) is 12. The molecule has 1 aliphatic rings. The van der Waals surface area contributed by atoms with Crippen molar-refractivity contribution >= 4 is 11.0 Å². The van der Waals surface area contributed by atoms with E-state index in [2.05, 4.69) is 0 Å². The smallest absolute Gasteiger partial charge is 0.229 e. The number of aliphatic hydroxyl groups excluding tert-OH is 4. The Labute approximate surface area is 191 Å². The standard InChI is InChI=1S/C22H22O12/c1-31-14-6-13-16(19(28)17(14)26)10(25)5-11(32-13)8-2-3-9(24)12(4-8)33-22-21(30)20(29)18(27)15(7-23)34-22/h2-6,15,18,20-24,26-30H,7H2,1H3/t15-,18-,20+,21-,22-/m0/s1. The Bertz CT molecular complexity index is 1270. The summed E-state index contributed by atoms with van der Waals surface area (Å²) < 4.78 is 21.4. The number of rotatable bonds is 5. The van der Waals surface area contributed by atoms with Gasteiger partial charge in [-0.3, -0.25) is 4.79 Å². The molecule has 1 aliphatic heterocycles. The van der Waals surface area contributed by atoms with Crippen LogP contribution in [0.15, 0.2) is 39.5 Å². The lowest BCUT2D eigenvalue weighted by Gasteiger charge is -2.39. The Morgan fingerprint density at radius 3 is 2.35 bits per heavy atom. The van der Waals surface area contributed by atoms with Gasteiger partial charge >= 0.3 is 0 Å². The van der Waals surface area contributed by atoms with E-state index < -0.39 is 54.2 Å². The van der Waals surface area contributed by atoms with Crippen LogP contribution >= 0.6 is 0 Å². The highest BCUT2D eigenvalue weighted by atomic mass is 16.7. The van der Waals surface area contributed by atoms with E-state index in [1.165, 1.54) is 31.4 Å². The molecule has 0 spiro atoms. The van der Waals surface area contributed by atoms with Crippen LogP contribution in [0, 0.1) is 0 Å². The number of phenols is 3. The first-order chi connectivity index (χ1) is 16.2. The molecule has 182 valence electrons. The molecular weight excluding hydrogens is 456 g/mol. The van der Waals surface area contributed by atoms with Gasteiger partial charge in [0.05, 0.1) is 13.7 Å². The minimum Gasteiger partial charge on any atom is -0.504 e. The molecule has 7 N–H and O–H groups in total.